The molecule has 4 aromatic rings. The van der Waals surface area contributed by atoms with Crippen LogP contribution in [0.5, 0.6) is 0 Å². The van der Waals surface area contributed by atoms with E-state index in [9.17, 15) is 4.39 Å². The Labute approximate surface area is 206 Å². The maximum Gasteiger partial charge on any atom is 0.173 e. The Kier molecular flexibility index (Phi) is 6.17. The number of fused-ring (bicyclic) bond motifs is 1. The van der Waals surface area contributed by atoms with Crippen LogP contribution in [0.25, 0.3) is 22.2 Å². The molecule has 10 heteroatoms. The van der Waals surface area contributed by atoms with Gasteiger partial charge in [0.15, 0.2) is 11.7 Å². The van der Waals surface area contributed by atoms with E-state index in [1.165, 1.54) is 12.1 Å². The predicted octanol–water partition coefficient (Wildman–Crippen LogP) is 5.34. The summed E-state index contributed by atoms with van der Waals surface area (Å²) in [5, 5.41) is 13.9. The highest BCUT2D eigenvalue weighted by Gasteiger charge is 2.26. The molecule has 0 aliphatic heterocycles. The number of anilines is 1. The molecule has 1 aliphatic rings. The van der Waals surface area contributed by atoms with Crippen molar-refractivity contribution < 1.29 is 4.39 Å². The molecule has 5 rings (SSSR count). The average Bonchev–Trinajstić information content (AvgIpc) is 3.56. The predicted molar refractivity (Wildman–Crippen MR) is 138 cm³/mol. The first-order chi connectivity index (χ1) is 17.0. The molecule has 178 valence electrons. The number of aliphatic imine (C=N–C) groups is 2. The normalized spacial score (nSPS) is 14.5. The second-order valence-electron chi connectivity index (χ2n) is 8.43. The van der Waals surface area contributed by atoms with Gasteiger partial charge in [-0.25, -0.2) is 14.1 Å². The van der Waals surface area contributed by atoms with Gasteiger partial charge in [0.25, 0.3) is 0 Å². The van der Waals surface area contributed by atoms with Gasteiger partial charge in [0.1, 0.15) is 16.7 Å². The van der Waals surface area contributed by atoms with Crippen LogP contribution in [0.15, 0.2) is 64.6 Å². The van der Waals surface area contributed by atoms with Gasteiger partial charge in [-0.3, -0.25) is 14.7 Å². The van der Waals surface area contributed by atoms with Gasteiger partial charge in [0, 0.05) is 36.8 Å². The highest BCUT2D eigenvalue weighted by Crippen LogP contribution is 2.38. The van der Waals surface area contributed by atoms with Crippen molar-refractivity contribution in [3.8, 4) is 11.3 Å². The van der Waals surface area contributed by atoms with Crippen molar-refractivity contribution in [3.05, 3.63) is 71.2 Å². The topological polar surface area (TPSA) is 85.3 Å². The number of halogens is 2. The van der Waals surface area contributed by atoms with Gasteiger partial charge < -0.3 is 5.32 Å². The van der Waals surface area contributed by atoms with E-state index >= 15 is 0 Å². The molecular formula is C25H24ClFN8. The lowest BCUT2D eigenvalue weighted by Gasteiger charge is -2.07. The Morgan fingerprint density at radius 2 is 2.03 bits per heavy atom. The van der Waals surface area contributed by atoms with E-state index in [0.717, 1.165) is 47.2 Å². The first-order valence-corrected chi connectivity index (χ1v) is 11.6. The first-order valence-electron chi connectivity index (χ1n) is 11.2. The lowest BCUT2D eigenvalue weighted by molar-refractivity contribution is 0.570. The third kappa shape index (κ3) is 4.59. The fraction of sp³-hybridized carbons (Fsp3) is 0.240. The molecule has 1 fully saturated rings. The van der Waals surface area contributed by atoms with E-state index in [-0.39, 0.29) is 5.82 Å². The molecule has 0 atom stereocenters. The van der Waals surface area contributed by atoms with Gasteiger partial charge in [-0.15, -0.1) is 0 Å². The van der Waals surface area contributed by atoms with Crippen LogP contribution in [0.1, 0.15) is 18.5 Å². The summed E-state index contributed by atoms with van der Waals surface area (Å²) in [7, 11) is 1.68. The molecule has 0 radical (unpaired) electrons. The zero-order chi connectivity index (χ0) is 24.5. The summed E-state index contributed by atoms with van der Waals surface area (Å²) >= 11 is 6.79. The number of aromatic nitrogens is 5. The van der Waals surface area contributed by atoms with Crippen LogP contribution < -0.4 is 5.32 Å². The van der Waals surface area contributed by atoms with E-state index in [0.29, 0.717) is 28.4 Å². The van der Waals surface area contributed by atoms with Gasteiger partial charge in [0.05, 0.1) is 23.1 Å². The van der Waals surface area contributed by atoms with Crippen molar-refractivity contribution in [1.82, 2.24) is 24.5 Å². The lowest BCUT2D eigenvalue weighted by atomic mass is 10.1. The average molecular weight is 491 g/mol. The van der Waals surface area contributed by atoms with E-state index in [1.807, 2.05) is 17.7 Å². The molecule has 0 bridgehead atoms. The number of rotatable bonds is 7. The minimum absolute atomic E-state index is 0.305. The van der Waals surface area contributed by atoms with Gasteiger partial charge in [-0.2, -0.15) is 10.2 Å². The Hall–Kier alpha value is -3.85. The van der Waals surface area contributed by atoms with Crippen LogP contribution in [-0.2, 0) is 6.54 Å². The van der Waals surface area contributed by atoms with Crippen LogP contribution in [0.3, 0.4) is 0 Å². The maximum atomic E-state index is 13.5. The molecule has 0 unspecified atom stereocenters. The maximum absolute atomic E-state index is 13.5. The lowest BCUT2D eigenvalue weighted by Crippen LogP contribution is -2.13. The summed E-state index contributed by atoms with van der Waals surface area (Å²) in [5.74, 6) is 1.64. The molecule has 8 nitrogen and oxygen atoms in total. The molecule has 0 amide bonds. The highest BCUT2D eigenvalue weighted by molar-refractivity contribution is 6.35. The van der Waals surface area contributed by atoms with E-state index in [4.69, 9.17) is 16.7 Å². The molecule has 1 N–H and O–H groups in total. The quantitative estimate of drug-likeness (QED) is 0.280. The number of allylic oxidation sites excluding steroid dienone is 1. The van der Waals surface area contributed by atoms with E-state index in [2.05, 4.69) is 32.1 Å². The minimum Gasteiger partial charge on any atom is -0.322 e. The van der Waals surface area contributed by atoms with Gasteiger partial charge >= 0.3 is 0 Å². The third-order valence-corrected chi connectivity index (χ3v) is 6.30. The van der Waals surface area contributed by atoms with Crippen LogP contribution in [0, 0.1) is 18.7 Å². The highest BCUT2D eigenvalue weighted by atomic mass is 35.5. The number of benzene rings is 1. The molecule has 1 saturated carbocycles. The summed E-state index contributed by atoms with van der Waals surface area (Å²) in [6.07, 6.45) is 7.51. The summed E-state index contributed by atoms with van der Waals surface area (Å²) in [4.78, 5) is 12.7. The molecule has 35 heavy (non-hydrogen) atoms. The number of nitrogens with one attached hydrogen (secondary N) is 1. The number of hydrogen-bond acceptors (Lipinski definition) is 6. The number of hydrogen-bond donors (Lipinski definition) is 1. The molecule has 0 spiro atoms. The SMILES string of the molecule is C=N/C(=C\C(=N/C)n1nc(C)c2ccncc21)Nc1nn(CC2CC2)c(-c2ccc(F)cc2)c1Cl. The summed E-state index contributed by atoms with van der Waals surface area (Å²) in [5.41, 5.74) is 3.21. The summed E-state index contributed by atoms with van der Waals surface area (Å²) in [6.45, 7) is 6.37. The van der Waals surface area contributed by atoms with Crippen molar-refractivity contribution in [1.29, 1.82) is 0 Å². The van der Waals surface area contributed by atoms with Gasteiger partial charge in [-0.1, -0.05) is 11.6 Å². The summed E-state index contributed by atoms with van der Waals surface area (Å²) < 4.78 is 17.1. The second-order valence-corrected chi connectivity index (χ2v) is 8.81. The fourth-order valence-electron chi connectivity index (χ4n) is 3.96. The van der Waals surface area contributed by atoms with Crippen molar-refractivity contribution >= 4 is 40.9 Å². The van der Waals surface area contributed by atoms with Crippen LogP contribution >= 0.6 is 11.6 Å². The van der Waals surface area contributed by atoms with Crippen molar-refractivity contribution in [3.63, 3.8) is 0 Å². The van der Waals surface area contributed by atoms with Crippen molar-refractivity contribution in [2.45, 2.75) is 26.3 Å². The standard InChI is InChI=1S/C25H24ClFN8/c1-15-19-10-11-30-13-20(19)35(32-15)22(29-3)12-21(28-2)31-25-23(26)24(17-6-8-18(27)9-7-17)34(33-25)14-16-4-5-16/h6-13,16H,2,4-5,14H2,1,3H3,(H,31,33)/b21-12+,29-22+. The van der Waals surface area contributed by atoms with E-state index in [1.54, 1.807) is 42.3 Å². The zero-order valence-electron chi connectivity index (χ0n) is 19.4. The molecule has 1 aliphatic carbocycles. The van der Waals surface area contributed by atoms with Crippen LogP contribution in [-0.4, -0.2) is 44.1 Å². The molecule has 0 saturated heterocycles. The largest absolute Gasteiger partial charge is 0.322 e. The zero-order valence-corrected chi connectivity index (χ0v) is 20.2. The van der Waals surface area contributed by atoms with Crippen molar-refractivity contribution in [2.24, 2.45) is 15.9 Å². The second kappa shape index (κ2) is 9.42. The van der Waals surface area contributed by atoms with Gasteiger partial charge in [-0.05, 0) is 62.7 Å². The Balaban J connectivity index is 1.51. The first kappa shape index (κ1) is 22.9. The summed E-state index contributed by atoms with van der Waals surface area (Å²) in [6, 6.07) is 8.15. The third-order valence-electron chi connectivity index (χ3n) is 5.94. The number of aryl methyl sites for hydroxylation is 1. The van der Waals surface area contributed by atoms with Crippen molar-refractivity contribution in [2.75, 3.05) is 12.4 Å². The van der Waals surface area contributed by atoms with Crippen LogP contribution in [0.2, 0.25) is 5.02 Å². The van der Waals surface area contributed by atoms with E-state index < -0.39 is 0 Å². The molecule has 3 heterocycles. The minimum atomic E-state index is -0.305. The molecule has 1 aromatic carbocycles. The Bertz CT molecular complexity index is 1460. The van der Waals surface area contributed by atoms with Crippen LogP contribution in [0.4, 0.5) is 10.2 Å². The fourth-order valence-corrected chi connectivity index (χ4v) is 4.25. The van der Waals surface area contributed by atoms with Gasteiger partial charge in [0.2, 0.25) is 0 Å². The smallest absolute Gasteiger partial charge is 0.173 e. The monoisotopic (exact) mass is 490 g/mol. The number of nitrogens with zero attached hydrogens (tertiary/aromatic N) is 7. The number of pyridine rings is 1. The molecular weight excluding hydrogens is 467 g/mol. The Morgan fingerprint density at radius 1 is 1.26 bits per heavy atom. The Morgan fingerprint density at radius 3 is 2.71 bits per heavy atom. The molecule has 3 aromatic heterocycles.